The maximum absolute atomic E-state index is 12.6. The minimum Gasteiger partial charge on any atom is -0.330 e. The second-order valence-electron chi connectivity index (χ2n) is 5.39. The molecule has 0 bridgehead atoms. The van der Waals surface area contributed by atoms with E-state index in [-0.39, 0.29) is 11.8 Å². The number of aryl methyl sites for hydroxylation is 2. The first-order valence-corrected chi connectivity index (χ1v) is 7.50. The third-order valence-electron chi connectivity index (χ3n) is 3.51. The molecule has 0 saturated carbocycles. The van der Waals surface area contributed by atoms with Crippen molar-refractivity contribution in [3.63, 3.8) is 0 Å². The Hall–Kier alpha value is -1.82. The number of carbonyl (C=O) groups is 1. The molecule has 2 rings (SSSR count). The quantitative estimate of drug-likeness (QED) is 0.867. The van der Waals surface area contributed by atoms with Gasteiger partial charge in [0.25, 0.3) is 5.91 Å². The molecule has 0 aromatic carbocycles. The molecule has 6 nitrogen and oxygen atoms in total. The Bertz CT molecular complexity index is 535. The average Bonchev–Trinajstić information content (AvgIpc) is 2.73. The first-order valence-electron chi connectivity index (χ1n) is 7.50. The fourth-order valence-corrected chi connectivity index (χ4v) is 2.60. The zero-order chi connectivity index (χ0) is 15.4. The van der Waals surface area contributed by atoms with Crippen LogP contribution < -0.4 is 10.7 Å². The minimum absolute atomic E-state index is 0.00407. The summed E-state index contributed by atoms with van der Waals surface area (Å²) in [6.07, 6.45) is 3.39. The molecule has 0 fully saturated rings. The van der Waals surface area contributed by atoms with E-state index in [9.17, 15) is 4.79 Å². The molecule has 1 amide bonds. The number of amides is 1. The van der Waals surface area contributed by atoms with E-state index in [1.54, 1.807) is 6.07 Å². The lowest BCUT2D eigenvalue weighted by Gasteiger charge is -2.14. The number of anilines is 1. The molecule has 2 N–H and O–H groups in total. The van der Waals surface area contributed by atoms with Crippen molar-refractivity contribution in [1.29, 1.82) is 0 Å². The van der Waals surface area contributed by atoms with Crippen LogP contribution in [0.4, 0.5) is 5.82 Å². The van der Waals surface area contributed by atoms with E-state index in [1.807, 2.05) is 13.8 Å². The SMILES string of the molecule is CCCC1=NN(c2cc(C)nc(C)n2)C(=O)C1CCCN. The molecule has 2 heterocycles. The lowest BCUT2D eigenvalue weighted by atomic mass is 9.95. The Balaban J connectivity index is 2.29. The average molecular weight is 289 g/mol. The van der Waals surface area contributed by atoms with Gasteiger partial charge in [0.15, 0.2) is 5.82 Å². The van der Waals surface area contributed by atoms with Gasteiger partial charge >= 0.3 is 0 Å². The van der Waals surface area contributed by atoms with Crippen molar-refractivity contribution in [2.45, 2.75) is 46.5 Å². The molecule has 1 atom stereocenters. The van der Waals surface area contributed by atoms with Crippen molar-refractivity contribution in [2.75, 3.05) is 11.6 Å². The molecule has 1 unspecified atom stereocenters. The zero-order valence-corrected chi connectivity index (χ0v) is 13.0. The number of nitrogens with zero attached hydrogens (tertiary/aromatic N) is 4. The molecule has 0 spiro atoms. The van der Waals surface area contributed by atoms with Crippen LogP contribution in [-0.2, 0) is 4.79 Å². The predicted octanol–water partition coefficient (Wildman–Crippen LogP) is 1.95. The Kier molecular flexibility index (Phi) is 5.01. The number of aromatic nitrogens is 2. The van der Waals surface area contributed by atoms with Gasteiger partial charge in [-0.2, -0.15) is 10.1 Å². The van der Waals surface area contributed by atoms with Crippen LogP contribution in [0.3, 0.4) is 0 Å². The fourth-order valence-electron chi connectivity index (χ4n) is 2.60. The van der Waals surface area contributed by atoms with E-state index < -0.39 is 0 Å². The Morgan fingerprint density at radius 3 is 2.71 bits per heavy atom. The van der Waals surface area contributed by atoms with Crippen molar-refractivity contribution in [3.05, 3.63) is 17.6 Å². The van der Waals surface area contributed by atoms with Gasteiger partial charge in [0.1, 0.15) is 5.82 Å². The van der Waals surface area contributed by atoms with Crippen molar-refractivity contribution < 1.29 is 4.79 Å². The van der Waals surface area contributed by atoms with Crippen LogP contribution in [-0.4, -0.2) is 28.1 Å². The molecule has 1 aliphatic heterocycles. The summed E-state index contributed by atoms with van der Waals surface area (Å²) in [6, 6.07) is 1.79. The summed E-state index contributed by atoms with van der Waals surface area (Å²) in [6.45, 7) is 6.39. The zero-order valence-electron chi connectivity index (χ0n) is 13.0. The first kappa shape index (κ1) is 15.6. The van der Waals surface area contributed by atoms with Gasteiger partial charge in [-0.05, 0) is 39.7 Å². The highest BCUT2D eigenvalue weighted by molar-refractivity contribution is 6.15. The van der Waals surface area contributed by atoms with E-state index in [4.69, 9.17) is 5.73 Å². The Morgan fingerprint density at radius 2 is 2.10 bits per heavy atom. The number of hydrogen-bond donors (Lipinski definition) is 1. The predicted molar refractivity (Wildman–Crippen MR) is 83.1 cm³/mol. The minimum atomic E-state index is -0.149. The van der Waals surface area contributed by atoms with Crippen molar-refractivity contribution in [1.82, 2.24) is 9.97 Å². The Labute approximate surface area is 125 Å². The first-order chi connectivity index (χ1) is 10.1. The molecule has 1 aromatic heterocycles. The monoisotopic (exact) mass is 289 g/mol. The van der Waals surface area contributed by atoms with E-state index in [0.717, 1.165) is 37.1 Å². The van der Waals surface area contributed by atoms with Crippen LogP contribution >= 0.6 is 0 Å². The number of hydrazone groups is 1. The van der Waals surface area contributed by atoms with Crippen LogP contribution in [0.5, 0.6) is 0 Å². The molecule has 1 aromatic rings. The standard InChI is InChI=1S/C15H23N5O/c1-4-6-13-12(7-5-8-16)15(21)20(19-13)14-9-10(2)17-11(3)18-14/h9,12H,4-8,16H2,1-3H3. The van der Waals surface area contributed by atoms with Crippen LogP contribution in [0.25, 0.3) is 0 Å². The van der Waals surface area contributed by atoms with Crippen LogP contribution in [0, 0.1) is 19.8 Å². The molecule has 114 valence electrons. The smallest absolute Gasteiger partial charge is 0.257 e. The second-order valence-corrected chi connectivity index (χ2v) is 5.39. The van der Waals surface area contributed by atoms with E-state index in [1.165, 1.54) is 5.01 Å². The molecule has 1 aliphatic rings. The van der Waals surface area contributed by atoms with Crippen molar-refractivity contribution >= 4 is 17.4 Å². The molecule has 0 aliphatic carbocycles. The number of hydrogen-bond acceptors (Lipinski definition) is 5. The summed E-state index contributed by atoms with van der Waals surface area (Å²) in [5.74, 6) is 1.07. The van der Waals surface area contributed by atoms with E-state index in [0.29, 0.717) is 18.2 Å². The molecule has 0 radical (unpaired) electrons. The lowest BCUT2D eigenvalue weighted by Crippen LogP contribution is -2.28. The number of carbonyl (C=O) groups excluding carboxylic acids is 1. The van der Waals surface area contributed by atoms with Gasteiger partial charge in [0.05, 0.1) is 11.6 Å². The third-order valence-corrected chi connectivity index (χ3v) is 3.51. The number of rotatable bonds is 6. The van der Waals surface area contributed by atoms with Gasteiger partial charge in [-0.25, -0.2) is 9.97 Å². The highest BCUT2D eigenvalue weighted by atomic mass is 16.2. The summed E-state index contributed by atoms with van der Waals surface area (Å²) in [5.41, 5.74) is 7.36. The summed E-state index contributed by atoms with van der Waals surface area (Å²) < 4.78 is 0. The fraction of sp³-hybridized carbons (Fsp3) is 0.600. The van der Waals surface area contributed by atoms with Crippen molar-refractivity contribution in [3.8, 4) is 0 Å². The lowest BCUT2D eigenvalue weighted by molar-refractivity contribution is -0.120. The normalized spacial score (nSPS) is 18.3. The largest absolute Gasteiger partial charge is 0.330 e. The summed E-state index contributed by atoms with van der Waals surface area (Å²) in [4.78, 5) is 21.2. The van der Waals surface area contributed by atoms with Crippen LogP contribution in [0.1, 0.15) is 44.1 Å². The summed E-state index contributed by atoms with van der Waals surface area (Å²) in [5, 5.41) is 5.95. The highest BCUT2D eigenvalue weighted by Crippen LogP contribution is 2.27. The molecular weight excluding hydrogens is 266 g/mol. The summed E-state index contributed by atoms with van der Waals surface area (Å²) in [7, 11) is 0. The van der Waals surface area contributed by atoms with E-state index in [2.05, 4.69) is 22.0 Å². The van der Waals surface area contributed by atoms with Gasteiger partial charge < -0.3 is 5.73 Å². The second kappa shape index (κ2) is 6.76. The maximum atomic E-state index is 12.6. The van der Waals surface area contributed by atoms with Crippen molar-refractivity contribution in [2.24, 2.45) is 16.8 Å². The maximum Gasteiger partial charge on any atom is 0.257 e. The number of nitrogens with two attached hydrogens (primary N) is 1. The van der Waals surface area contributed by atoms with Crippen LogP contribution in [0.15, 0.2) is 11.2 Å². The summed E-state index contributed by atoms with van der Waals surface area (Å²) >= 11 is 0. The topological polar surface area (TPSA) is 84.5 Å². The molecule has 0 saturated heterocycles. The van der Waals surface area contributed by atoms with Gasteiger partial charge in [0, 0.05) is 11.8 Å². The van der Waals surface area contributed by atoms with Gasteiger partial charge in [-0.3, -0.25) is 4.79 Å². The third kappa shape index (κ3) is 3.44. The highest BCUT2D eigenvalue weighted by Gasteiger charge is 2.36. The Morgan fingerprint density at radius 1 is 1.33 bits per heavy atom. The molecular formula is C15H23N5O. The molecule has 6 heteroatoms. The van der Waals surface area contributed by atoms with Gasteiger partial charge in [-0.1, -0.05) is 13.3 Å². The molecule has 21 heavy (non-hydrogen) atoms. The van der Waals surface area contributed by atoms with Gasteiger partial charge in [-0.15, -0.1) is 0 Å². The van der Waals surface area contributed by atoms with E-state index >= 15 is 0 Å². The van der Waals surface area contributed by atoms with Gasteiger partial charge in [0.2, 0.25) is 0 Å². The van der Waals surface area contributed by atoms with Crippen LogP contribution in [0.2, 0.25) is 0 Å².